The molecule has 9 nitrogen and oxygen atoms in total. The van der Waals surface area contributed by atoms with E-state index >= 15 is 0 Å². The van der Waals surface area contributed by atoms with Crippen LogP contribution in [-0.2, 0) is 6.54 Å². The number of phenols is 1. The SMILES string of the molecule is CN=C(NCCNC(=O)c1ccc(O)cc1)NC1CCCn2nc(C)nc21.I. The number of phenolic OH excluding ortho intramolecular Hbond substituents is 1. The summed E-state index contributed by atoms with van der Waals surface area (Å²) in [7, 11) is 1.71. The highest BCUT2D eigenvalue weighted by atomic mass is 127. The molecule has 2 aromatic rings. The lowest BCUT2D eigenvalue weighted by Gasteiger charge is -2.25. The van der Waals surface area contributed by atoms with Crippen LogP contribution in [0.2, 0.25) is 0 Å². The first-order chi connectivity index (χ1) is 13.1. The molecule has 1 aliphatic rings. The Bertz CT molecular complexity index is 820. The summed E-state index contributed by atoms with van der Waals surface area (Å²) in [4.78, 5) is 20.8. The van der Waals surface area contributed by atoms with Gasteiger partial charge in [0.25, 0.3) is 5.91 Å². The van der Waals surface area contributed by atoms with Crippen molar-refractivity contribution in [3.05, 3.63) is 41.5 Å². The lowest BCUT2D eigenvalue weighted by Crippen LogP contribution is -2.44. The van der Waals surface area contributed by atoms with Crippen molar-refractivity contribution in [1.82, 2.24) is 30.7 Å². The van der Waals surface area contributed by atoms with Crippen LogP contribution in [0.5, 0.6) is 5.75 Å². The molecule has 0 aliphatic carbocycles. The number of aliphatic imine (C=N–C) groups is 1. The average Bonchev–Trinajstić information content (AvgIpc) is 3.05. The largest absolute Gasteiger partial charge is 0.508 e. The van der Waals surface area contributed by atoms with Crippen molar-refractivity contribution >= 4 is 35.8 Å². The van der Waals surface area contributed by atoms with E-state index in [1.165, 1.54) is 12.1 Å². The first-order valence-corrected chi connectivity index (χ1v) is 9.02. The standard InChI is InChI=1S/C18H25N7O2.HI/c1-12-22-16-15(4-3-11-25(16)24-12)23-18(19-2)21-10-9-20-17(27)13-5-7-14(26)8-6-13;/h5-8,15,26H,3-4,9-11H2,1-2H3,(H,20,27)(H2,19,21,23);1H. The Kier molecular flexibility index (Phi) is 8.03. The van der Waals surface area contributed by atoms with Crippen molar-refractivity contribution in [3.8, 4) is 5.75 Å². The Hall–Kier alpha value is -2.37. The number of fused-ring (bicyclic) bond motifs is 1. The monoisotopic (exact) mass is 499 g/mol. The normalized spacial score (nSPS) is 15.9. The van der Waals surface area contributed by atoms with Crippen molar-refractivity contribution in [2.45, 2.75) is 32.4 Å². The van der Waals surface area contributed by atoms with Crippen molar-refractivity contribution in [3.63, 3.8) is 0 Å². The van der Waals surface area contributed by atoms with Gasteiger partial charge in [-0.1, -0.05) is 0 Å². The fourth-order valence-corrected chi connectivity index (χ4v) is 3.04. The summed E-state index contributed by atoms with van der Waals surface area (Å²) in [5.41, 5.74) is 0.507. The van der Waals surface area contributed by atoms with Gasteiger partial charge >= 0.3 is 0 Å². The van der Waals surface area contributed by atoms with Gasteiger partial charge in [0.15, 0.2) is 5.96 Å². The molecule has 1 amide bonds. The van der Waals surface area contributed by atoms with Crippen LogP contribution < -0.4 is 16.0 Å². The third-order valence-electron chi connectivity index (χ3n) is 4.35. The fourth-order valence-electron chi connectivity index (χ4n) is 3.04. The van der Waals surface area contributed by atoms with E-state index in [0.717, 1.165) is 31.0 Å². The lowest BCUT2D eigenvalue weighted by molar-refractivity contribution is 0.0954. The molecule has 3 rings (SSSR count). The Labute approximate surface area is 181 Å². The molecule has 0 radical (unpaired) electrons. The fraction of sp³-hybridized carbons (Fsp3) is 0.444. The number of nitrogens with zero attached hydrogens (tertiary/aromatic N) is 4. The minimum absolute atomic E-state index is 0. The summed E-state index contributed by atoms with van der Waals surface area (Å²) in [6, 6.07) is 6.21. The number of halogens is 1. The molecule has 1 aromatic heterocycles. The van der Waals surface area contributed by atoms with Crippen molar-refractivity contribution < 1.29 is 9.90 Å². The van der Waals surface area contributed by atoms with Crippen LogP contribution >= 0.6 is 24.0 Å². The number of hydrogen-bond donors (Lipinski definition) is 4. The Morgan fingerprint density at radius 3 is 2.71 bits per heavy atom. The van der Waals surface area contributed by atoms with Gasteiger partial charge < -0.3 is 21.1 Å². The third kappa shape index (κ3) is 5.57. The summed E-state index contributed by atoms with van der Waals surface area (Å²) < 4.78 is 1.95. The quantitative estimate of drug-likeness (QED) is 0.214. The number of carbonyl (C=O) groups is 1. The van der Waals surface area contributed by atoms with Gasteiger partial charge in [0, 0.05) is 32.2 Å². The molecule has 152 valence electrons. The second kappa shape index (κ2) is 10.2. The van der Waals surface area contributed by atoms with E-state index < -0.39 is 0 Å². The molecule has 1 aliphatic heterocycles. The summed E-state index contributed by atoms with van der Waals surface area (Å²) in [6.07, 6.45) is 2.00. The topological polar surface area (TPSA) is 116 Å². The molecule has 0 saturated heterocycles. The molecule has 4 N–H and O–H groups in total. The molecule has 1 aromatic carbocycles. The first-order valence-electron chi connectivity index (χ1n) is 9.02. The molecule has 1 atom stereocenters. The van der Waals surface area contributed by atoms with E-state index in [4.69, 9.17) is 0 Å². The van der Waals surface area contributed by atoms with Gasteiger partial charge in [-0.05, 0) is 44.0 Å². The van der Waals surface area contributed by atoms with Gasteiger partial charge in [-0.15, -0.1) is 24.0 Å². The zero-order valence-corrected chi connectivity index (χ0v) is 18.3. The number of amides is 1. The second-order valence-corrected chi connectivity index (χ2v) is 6.38. The number of carbonyl (C=O) groups excluding carboxylic acids is 1. The molecular formula is C18H26IN7O2. The van der Waals surface area contributed by atoms with Crippen LogP contribution in [0.4, 0.5) is 0 Å². The number of aryl methyl sites for hydroxylation is 2. The number of benzene rings is 1. The van der Waals surface area contributed by atoms with Crippen molar-refractivity contribution in [1.29, 1.82) is 0 Å². The number of aromatic hydroxyl groups is 1. The van der Waals surface area contributed by atoms with E-state index in [2.05, 4.69) is 31.0 Å². The lowest BCUT2D eigenvalue weighted by atomic mass is 10.1. The number of aromatic nitrogens is 3. The first kappa shape index (κ1) is 21.9. The highest BCUT2D eigenvalue weighted by molar-refractivity contribution is 14.0. The summed E-state index contributed by atoms with van der Waals surface area (Å²) in [5, 5.41) is 23.1. The zero-order valence-electron chi connectivity index (χ0n) is 16.0. The third-order valence-corrected chi connectivity index (χ3v) is 4.35. The summed E-state index contributed by atoms with van der Waals surface area (Å²) in [5.74, 6) is 2.32. The molecule has 0 saturated carbocycles. The van der Waals surface area contributed by atoms with Gasteiger partial charge in [-0.2, -0.15) is 5.10 Å². The highest BCUT2D eigenvalue weighted by Crippen LogP contribution is 2.22. The van der Waals surface area contributed by atoms with Crippen LogP contribution in [0.3, 0.4) is 0 Å². The number of rotatable bonds is 5. The second-order valence-electron chi connectivity index (χ2n) is 6.38. The van der Waals surface area contributed by atoms with Crippen molar-refractivity contribution in [2.24, 2.45) is 4.99 Å². The maximum atomic E-state index is 12.0. The molecule has 10 heteroatoms. The highest BCUT2D eigenvalue weighted by Gasteiger charge is 2.24. The van der Waals surface area contributed by atoms with Gasteiger partial charge in [0.1, 0.15) is 17.4 Å². The Morgan fingerprint density at radius 2 is 2.00 bits per heavy atom. The molecule has 2 heterocycles. The molecule has 0 bridgehead atoms. The predicted octanol–water partition coefficient (Wildman–Crippen LogP) is 1.34. The van der Waals surface area contributed by atoms with E-state index in [1.54, 1.807) is 19.2 Å². The van der Waals surface area contributed by atoms with Crippen LogP contribution in [-0.4, -0.2) is 51.9 Å². The molecular weight excluding hydrogens is 473 g/mol. The van der Waals surface area contributed by atoms with Gasteiger partial charge in [0.2, 0.25) is 0 Å². The number of nitrogens with one attached hydrogen (secondary N) is 3. The zero-order chi connectivity index (χ0) is 19.2. The minimum Gasteiger partial charge on any atom is -0.508 e. The van der Waals surface area contributed by atoms with Crippen molar-refractivity contribution in [2.75, 3.05) is 20.1 Å². The molecule has 0 spiro atoms. The average molecular weight is 499 g/mol. The maximum absolute atomic E-state index is 12.0. The molecule has 0 fully saturated rings. The van der Waals surface area contributed by atoms with Crippen LogP contribution in [0.25, 0.3) is 0 Å². The molecule has 28 heavy (non-hydrogen) atoms. The predicted molar refractivity (Wildman–Crippen MR) is 117 cm³/mol. The number of guanidine groups is 1. The van der Waals surface area contributed by atoms with E-state index in [-0.39, 0.29) is 41.7 Å². The van der Waals surface area contributed by atoms with E-state index in [1.807, 2.05) is 11.6 Å². The smallest absolute Gasteiger partial charge is 0.251 e. The van der Waals surface area contributed by atoms with Crippen LogP contribution in [0.1, 0.15) is 40.9 Å². The maximum Gasteiger partial charge on any atom is 0.251 e. The summed E-state index contributed by atoms with van der Waals surface area (Å²) in [6.45, 7) is 3.76. The van der Waals surface area contributed by atoms with Gasteiger partial charge in [0.05, 0.1) is 6.04 Å². The number of hydrogen-bond acceptors (Lipinski definition) is 5. The summed E-state index contributed by atoms with van der Waals surface area (Å²) >= 11 is 0. The Morgan fingerprint density at radius 1 is 1.29 bits per heavy atom. The van der Waals surface area contributed by atoms with Gasteiger partial charge in [-0.25, -0.2) is 9.67 Å². The Balaban J connectivity index is 0.00000280. The van der Waals surface area contributed by atoms with E-state index in [9.17, 15) is 9.90 Å². The van der Waals surface area contributed by atoms with Gasteiger partial charge in [-0.3, -0.25) is 9.79 Å². The molecule has 1 unspecified atom stereocenters. The van der Waals surface area contributed by atoms with Crippen LogP contribution in [0.15, 0.2) is 29.3 Å². The van der Waals surface area contributed by atoms with E-state index in [0.29, 0.717) is 24.6 Å². The minimum atomic E-state index is -0.185. The van der Waals surface area contributed by atoms with Crippen LogP contribution in [0, 0.1) is 6.92 Å².